The van der Waals surface area contributed by atoms with E-state index in [9.17, 15) is 39.9 Å². The SMILES string of the molecule is CCCCCCCCCCCCCC[C@@H](O)C(O)[C@H](COC1OC(CNC(=O)CCCC(=O)O)C(O)C(O)C1O)NC(=O)CCCCCCC. The first-order valence-corrected chi connectivity index (χ1v) is 19.5. The van der Waals surface area contributed by atoms with Gasteiger partial charge in [-0.2, -0.15) is 0 Å². The summed E-state index contributed by atoms with van der Waals surface area (Å²) < 4.78 is 11.4. The van der Waals surface area contributed by atoms with E-state index in [1.54, 1.807) is 0 Å². The zero-order chi connectivity index (χ0) is 37.1. The Morgan fingerprint density at radius 2 is 1.18 bits per heavy atom. The van der Waals surface area contributed by atoms with Crippen LogP contribution in [0.15, 0.2) is 0 Å². The highest BCUT2D eigenvalue weighted by atomic mass is 16.7. The summed E-state index contributed by atoms with van der Waals surface area (Å²) in [6.45, 7) is 3.73. The smallest absolute Gasteiger partial charge is 0.303 e. The van der Waals surface area contributed by atoms with Crippen molar-refractivity contribution in [1.82, 2.24) is 10.6 Å². The van der Waals surface area contributed by atoms with Crippen LogP contribution in [0.1, 0.15) is 155 Å². The standard InChI is InChI=1S/C37H70N2O11/c1-3-5-7-9-10-11-12-13-14-15-17-18-21-28(40)33(45)27(39-31(42)22-19-16-8-6-4-2)26-49-37-36(48)35(47)34(46)29(50-37)25-38-30(41)23-20-24-32(43)44/h27-29,33-37,40,45-48H,3-26H2,1-2H3,(H,38,41)(H,39,42)(H,43,44)/t27-,28+,29?,33?,34?,35?,36?,37?/m0/s1. The van der Waals surface area contributed by atoms with Gasteiger partial charge in [0, 0.05) is 25.8 Å². The lowest BCUT2D eigenvalue weighted by Gasteiger charge is -2.41. The quantitative estimate of drug-likeness (QED) is 0.0482. The van der Waals surface area contributed by atoms with E-state index in [1.807, 2.05) is 0 Å². The normalized spacial score (nSPS) is 22.5. The predicted molar refractivity (Wildman–Crippen MR) is 190 cm³/mol. The largest absolute Gasteiger partial charge is 0.481 e. The van der Waals surface area contributed by atoms with Crippen molar-refractivity contribution in [1.29, 1.82) is 0 Å². The first kappa shape index (κ1) is 46.2. The number of aliphatic carboxylic acids is 1. The Morgan fingerprint density at radius 1 is 0.660 bits per heavy atom. The highest BCUT2D eigenvalue weighted by molar-refractivity contribution is 5.77. The maximum Gasteiger partial charge on any atom is 0.303 e. The summed E-state index contributed by atoms with van der Waals surface area (Å²) in [5.74, 6) is -1.80. The lowest BCUT2D eigenvalue weighted by molar-refractivity contribution is -0.297. The Balaban J connectivity index is 2.67. The molecule has 1 aliphatic rings. The van der Waals surface area contributed by atoms with Crippen molar-refractivity contribution < 1.29 is 54.5 Å². The van der Waals surface area contributed by atoms with E-state index in [4.69, 9.17) is 14.6 Å². The first-order valence-electron chi connectivity index (χ1n) is 19.5. The second kappa shape index (κ2) is 28.7. The Kier molecular flexibility index (Phi) is 26.5. The molecular formula is C37H70N2O11. The van der Waals surface area contributed by atoms with Crippen LogP contribution in [0.3, 0.4) is 0 Å². The molecule has 0 aromatic rings. The number of carboxylic acid groups (broad SMARTS) is 1. The number of hydrogen-bond acceptors (Lipinski definition) is 10. The Labute approximate surface area is 299 Å². The molecule has 294 valence electrons. The Morgan fingerprint density at radius 3 is 1.74 bits per heavy atom. The van der Waals surface area contributed by atoms with Gasteiger partial charge in [-0.05, 0) is 19.3 Å². The van der Waals surface area contributed by atoms with E-state index < -0.39 is 60.8 Å². The molecule has 0 bridgehead atoms. The van der Waals surface area contributed by atoms with Crippen molar-refractivity contribution in [2.24, 2.45) is 0 Å². The van der Waals surface area contributed by atoms with Crippen LogP contribution in [0.25, 0.3) is 0 Å². The van der Waals surface area contributed by atoms with Crippen molar-refractivity contribution in [3.05, 3.63) is 0 Å². The molecule has 1 aliphatic heterocycles. The van der Waals surface area contributed by atoms with Gasteiger partial charge in [-0.15, -0.1) is 0 Å². The second-order valence-electron chi connectivity index (χ2n) is 14.0. The summed E-state index contributed by atoms with van der Waals surface area (Å²) in [7, 11) is 0. The van der Waals surface area contributed by atoms with Gasteiger partial charge in [-0.3, -0.25) is 14.4 Å². The van der Waals surface area contributed by atoms with Crippen molar-refractivity contribution in [2.75, 3.05) is 13.2 Å². The van der Waals surface area contributed by atoms with E-state index in [2.05, 4.69) is 24.5 Å². The molecule has 0 aromatic heterocycles. The van der Waals surface area contributed by atoms with Crippen LogP contribution in [0, 0.1) is 0 Å². The Hall–Kier alpha value is -1.87. The molecule has 0 aliphatic carbocycles. The van der Waals surface area contributed by atoms with Crippen LogP contribution in [0.2, 0.25) is 0 Å². The third kappa shape index (κ3) is 20.8. The third-order valence-corrected chi connectivity index (χ3v) is 9.42. The average molecular weight is 719 g/mol. The zero-order valence-corrected chi connectivity index (χ0v) is 30.8. The molecule has 1 rings (SSSR count). The number of amides is 2. The van der Waals surface area contributed by atoms with Crippen molar-refractivity contribution in [3.8, 4) is 0 Å². The van der Waals surface area contributed by atoms with Gasteiger partial charge in [0.05, 0.1) is 18.8 Å². The highest BCUT2D eigenvalue weighted by Gasteiger charge is 2.45. The summed E-state index contributed by atoms with van der Waals surface area (Å²) in [6.07, 6.45) is 9.22. The maximum absolute atomic E-state index is 12.8. The van der Waals surface area contributed by atoms with Crippen molar-refractivity contribution in [3.63, 3.8) is 0 Å². The number of ether oxygens (including phenoxy) is 2. The molecule has 1 fully saturated rings. The molecule has 50 heavy (non-hydrogen) atoms. The van der Waals surface area contributed by atoms with E-state index in [0.717, 1.165) is 44.9 Å². The minimum atomic E-state index is -1.68. The first-order chi connectivity index (χ1) is 24.0. The second-order valence-corrected chi connectivity index (χ2v) is 14.0. The summed E-state index contributed by atoms with van der Waals surface area (Å²) >= 11 is 0. The van der Waals surface area contributed by atoms with Gasteiger partial charge >= 0.3 is 5.97 Å². The van der Waals surface area contributed by atoms with Crippen molar-refractivity contribution in [2.45, 2.75) is 204 Å². The summed E-state index contributed by atoms with van der Waals surface area (Å²) in [4.78, 5) is 35.6. The van der Waals surface area contributed by atoms with Crippen LogP contribution in [0.5, 0.6) is 0 Å². The number of carbonyl (C=O) groups is 3. The van der Waals surface area contributed by atoms with Gasteiger partial charge in [-0.25, -0.2) is 0 Å². The molecule has 0 aromatic carbocycles. The third-order valence-electron chi connectivity index (χ3n) is 9.42. The van der Waals surface area contributed by atoms with E-state index in [0.29, 0.717) is 19.3 Å². The van der Waals surface area contributed by atoms with Gasteiger partial charge < -0.3 is 50.7 Å². The number of hydrogen-bond donors (Lipinski definition) is 8. The topological polar surface area (TPSA) is 215 Å². The van der Waals surface area contributed by atoms with Crippen molar-refractivity contribution >= 4 is 17.8 Å². The molecule has 2 amide bonds. The minimum absolute atomic E-state index is 0.0559. The van der Waals surface area contributed by atoms with Crippen LogP contribution >= 0.6 is 0 Å². The zero-order valence-electron chi connectivity index (χ0n) is 30.8. The minimum Gasteiger partial charge on any atom is -0.481 e. The van der Waals surface area contributed by atoms with Crippen LogP contribution in [0.4, 0.5) is 0 Å². The van der Waals surface area contributed by atoms with Gasteiger partial charge in [0.1, 0.15) is 30.5 Å². The lowest BCUT2D eigenvalue weighted by Crippen LogP contribution is -2.61. The molecule has 13 nitrogen and oxygen atoms in total. The van der Waals surface area contributed by atoms with Crippen LogP contribution in [-0.4, -0.2) is 111 Å². The monoisotopic (exact) mass is 718 g/mol. The average Bonchev–Trinajstić information content (AvgIpc) is 3.09. The fraction of sp³-hybridized carbons (Fsp3) is 0.919. The van der Waals surface area contributed by atoms with Gasteiger partial charge in [-0.1, -0.05) is 117 Å². The van der Waals surface area contributed by atoms with Crippen LogP contribution < -0.4 is 10.6 Å². The molecule has 8 atom stereocenters. The molecule has 0 spiro atoms. The van der Waals surface area contributed by atoms with E-state index in [-0.39, 0.29) is 44.7 Å². The molecular weight excluding hydrogens is 648 g/mol. The summed E-state index contributed by atoms with van der Waals surface area (Å²) in [6, 6.07) is -1.04. The van der Waals surface area contributed by atoms with E-state index in [1.165, 1.54) is 51.4 Å². The summed E-state index contributed by atoms with van der Waals surface area (Å²) in [5, 5.41) is 67.5. The number of nitrogens with one attached hydrogen (secondary N) is 2. The molecule has 8 N–H and O–H groups in total. The number of rotatable bonds is 31. The lowest BCUT2D eigenvalue weighted by atomic mass is 9.98. The molecule has 0 radical (unpaired) electrons. The fourth-order valence-corrected chi connectivity index (χ4v) is 6.15. The van der Waals surface area contributed by atoms with E-state index >= 15 is 0 Å². The number of aliphatic hydroxyl groups excluding tert-OH is 5. The number of carbonyl (C=O) groups excluding carboxylic acids is 2. The van der Waals surface area contributed by atoms with Gasteiger partial charge in [0.2, 0.25) is 11.8 Å². The molecule has 1 saturated heterocycles. The number of carboxylic acids is 1. The van der Waals surface area contributed by atoms with Gasteiger partial charge in [0.15, 0.2) is 6.29 Å². The Bertz CT molecular complexity index is 895. The maximum atomic E-state index is 12.8. The number of unbranched alkanes of at least 4 members (excludes halogenated alkanes) is 15. The fourth-order valence-electron chi connectivity index (χ4n) is 6.15. The highest BCUT2D eigenvalue weighted by Crippen LogP contribution is 2.23. The molecule has 13 heteroatoms. The summed E-state index contributed by atoms with van der Waals surface area (Å²) in [5.41, 5.74) is 0. The predicted octanol–water partition coefficient (Wildman–Crippen LogP) is 3.84. The molecule has 0 saturated carbocycles. The molecule has 1 heterocycles. The van der Waals surface area contributed by atoms with Gasteiger partial charge in [0.25, 0.3) is 0 Å². The van der Waals surface area contributed by atoms with Crippen LogP contribution in [-0.2, 0) is 23.9 Å². The number of aliphatic hydroxyl groups is 5. The molecule has 6 unspecified atom stereocenters.